The van der Waals surface area contributed by atoms with Crippen molar-refractivity contribution in [2.24, 2.45) is 0 Å². The zero-order valence-electron chi connectivity index (χ0n) is 25.7. The Hall–Kier alpha value is -3.13. The molecule has 4 rings (SSSR count). The predicted octanol–water partition coefficient (Wildman–Crippen LogP) is 0.419. The molecule has 3 fully saturated rings. The standard InChI is InChI=1S/C31H47FN6O6/c1-37-14-8-25(9-15-37)35-26-3-2-12-33-27(39)21-31(36-28(40)22-44-20-19-43-18-13-34-29(26)41)10-16-38(17-11-31)30(42)23-4-6-24(32)7-5-23/h4-7,25-26,35H,2-3,8-22H2,1H3,(H,33,39)(H,34,41)(H,36,40)/t26-/m0/s1. The average Bonchev–Trinajstić information content (AvgIpc) is 3.01. The van der Waals surface area contributed by atoms with Crippen molar-refractivity contribution in [3.05, 3.63) is 35.6 Å². The second kappa shape index (κ2) is 16.8. The lowest BCUT2D eigenvalue weighted by Gasteiger charge is -2.42. The summed E-state index contributed by atoms with van der Waals surface area (Å²) in [6.07, 6.45) is 3.93. The van der Waals surface area contributed by atoms with Crippen molar-refractivity contribution in [3.63, 3.8) is 0 Å². The van der Waals surface area contributed by atoms with Crippen LogP contribution in [0.15, 0.2) is 24.3 Å². The molecule has 1 atom stereocenters. The van der Waals surface area contributed by atoms with Crippen LogP contribution in [0.25, 0.3) is 0 Å². The second-order valence-electron chi connectivity index (χ2n) is 12.0. The highest BCUT2D eigenvalue weighted by atomic mass is 19.1. The Balaban J connectivity index is 1.36. The average molecular weight is 619 g/mol. The van der Waals surface area contributed by atoms with Gasteiger partial charge in [0.25, 0.3) is 5.91 Å². The number of amides is 4. The van der Waals surface area contributed by atoms with Crippen LogP contribution in [0, 0.1) is 5.82 Å². The Kier molecular flexibility index (Phi) is 12.9. The Morgan fingerprint density at radius 3 is 2.34 bits per heavy atom. The number of likely N-dealkylation sites (tertiary alicyclic amines) is 2. The summed E-state index contributed by atoms with van der Waals surface area (Å²) in [5, 5.41) is 12.5. The van der Waals surface area contributed by atoms with Crippen molar-refractivity contribution < 1.29 is 33.0 Å². The minimum absolute atomic E-state index is 0.0538. The van der Waals surface area contributed by atoms with Crippen LogP contribution in [0.3, 0.4) is 0 Å². The lowest BCUT2D eigenvalue weighted by Crippen LogP contribution is -2.58. The fourth-order valence-electron chi connectivity index (χ4n) is 6.00. The van der Waals surface area contributed by atoms with Crippen LogP contribution < -0.4 is 21.3 Å². The maximum atomic E-state index is 13.3. The van der Waals surface area contributed by atoms with Crippen molar-refractivity contribution in [3.8, 4) is 0 Å². The van der Waals surface area contributed by atoms with E-state index < -0.39 is 11.4 Å². The Morgan fingerprint density at radius 1 is 0.909 bits per heavy atom. The first-order valence-corrected chi connectivity index (χ1v) is 15.7. The third kappa shape index (κ3) is 10.5. The number of ether oxygens (including phenoxy) is 2. The molecule has 0 radical (unpaired) electrons. The molecular formula is C31H47FN6O6. The summed E-state index contributed by atoms with van der Waals surface area (Å²) in [6, 6.07) is 5.29. The zero-order chi connectivity index (χ0) is 31.4. The fraction of sp³-hybridized carbons (Fsp3) is 0.677. The molecule has 1 spiro atoms. The Labute approximate surface area is 258 Å². The molecule has 0 aromatic heterocycles. The monoisotopic (exact) mass is 618 g/mol. The number of hydrogen-bond acceptors (Lipinski definition) is 8. The van der Waals surface area contributed by atoms with Crippen LogP contribution in [-0.2, 0) is 23.9 Å². The SMILES string of the molecule is CN1CCC(N[C@H]2CCCNC(=O)CC3(CCN(C(=O)c4ccc(F)cc4)CC3)NC(=O)COCCOCCNC2=O)CC1. The molecule has 0 bridgehead atoms. The number of carbonyl (C=O) groups excluding carboxylic acids is 4. The van der Waals surface area contributed by atoms with Crippen molar-refractivity contribution in [1.29, 1.82) is 0 Å². The van der Waals surface area contributed by atoms with Gasteiger partial charge in [-0.25, -0.2) is 4.39 Å². The number of halogens is 1. The van der Waals surface area contributed by atoms with Gasteiger partial charge in [-0.1, -0.05) is 0 Å². The molecule has 3 aliphatic rings. The largest absolute Gasteiger partial charge is 0.377 e. The smallest absolute Gasteiger partial charge is 0.253 e. The van der Waals surface area contributed by atoms with Crippen LogP contribution in [0.5, 0.6) is 0 Å². The van der Waals surface area contributed by atoms with Gasteiger partial charge in [-0.15, -0.1) is 0 Å². The van der Waals surface area contributed by atoms with Crippen LogP contribution in [0.1, 0.15) is 55.3 Å². The van der Waals surface area contributed by atoms with Crippen molar-refractivity contribution in [1.82, 2.24) is 31.1 Å². The number of nitrogens with one attached hydrogen (secondary N) is 4. The van der Waals surface area contributed by atoms with Gasteiger partial charge in [0.1, 0.15) is 12.4 Å². The summed E-state index contributed by atoms with van der Waals surface area (Å²) >= 11 is 0. The summed E-state index contributed by atoms with van der Waals surface area (Å²) in [6.45, 7) is 4.00. The van der Waals surface area contributed by atoms with Gasteiger partial charge in [-0.05, 0) is 82.9 Å². The van der Waals surface area contributed by atoms with Crippen molar-refractivity contribution in [2.75, 3.05) is 72.7 Å². The zero-order valence-corrected chi connectivity index (χ0v) is 25.7. The molecule has 12 nitrogen and oxygen atoms in total. The van der Waals surface area contributed by atoms with Gasteiger partial charge in [-0.3, -0.25) is 19.2 Å². The Morgan fingerprint density at radius 2 is 1.61 bits per heavy atom. The van der Waals surface area contributed by atoms with Gasteiger partial charge in [0.05, 0.1) is 31.4 Å². The fourth-order valence-corrected chi connectivity index (χ4v) is 6.00. The van der Waals surface area contributed by atoms with E-state index in [1.165, 1.54) is 24.3 Å². The molecule has 244 valence electrons. The van der Waals surface area contributed by atoms with E-state index in [2.05, 4.69) is 33.2 Å². The predicted molar refractivity (Wildman–Crippen MR) is 161 cm³/mol. The molecule has 4 amide bonds. The first-order chi connectivity index (χ1) is 21.2. The number of carbonyl (C=O) groups is 4. The molecule has 1 aromatic carbocycles. The van der Waals surface area contributed by atoms with Gasteiger partial charge >= 0.3 is 0 Å². The third-order valence-corrected chi connectivity index (χ3v) is 8.62. The van der Waals surface area contributed by atoms with E-state index in [0.29, 0.717) is 64.0 Å². The van der Waals surface area contributed by atoms with Crippen molar-refractivity contribution in [2.45, 2.75) is 62.6 Å². The molecule has 3 heterocycles. The van der Waals surface area contributed by atoms with E-state index in [1.807, 2.05) is 0 Å². The van der Waals surface area contributed by atoms with Gasteiger partial charge in [-0.2, -0.15) is 0 Å². The van der Waals surface area contributed by atoms with Crippen LogP contribution in [0.4, 0.5) is 4.39 Å². The number of benzene rings is 1. The summed E-state index contributed by atoms with van der Waals surface area (Å²) in [5.74, 6) is -1.27. The quantitative estimate of drug-likeness (QED) is 0.382. The number of hydrogen-bond donors (Lipinski definition) is 4. The Bertz CT molecular complexity index is 1110. The van der Waals surface area contributed by atoms with Gasteiger partial charge < -0.3 is 40.5 Å². The number of piperidine rings is 2. The van der Waals surface area contributed by atoms with E-state index in [0.717, 1.165) is 25.9 Å². The van der Waals surface area contributed by atoms with E-state index in [-0.39, 0.29) is 62.0 Å². The van der Waals surface area contributed by atoms with Gasteiger partial charge in [0.15, 0.2) is 0 Å². The van der Waals surface area contributed by atoms with E-state index in [9.17, 15) is 23.6 Å². The molecule has 13 heteroatoms. The highest BCUT2D eigenvalue weighted by Gasteiger charge is 2.39. The minimum atomic E-state index is -0.846. The summed E-state index contributed by atoms with van der Waals surface area (Å²) in [5.41, 5.74) is -0.459. The maximum Gasteiger partial charge on any atom is 0.253 e. The number of rotatable bonds is 3. The van der Waals surface area contributed by atoms with E-state index >= 15 is 0 Å². The highest BCUT2D eigenvalue weighted by Crippen LogP contribution is 2.27. The van der Waals surface area contributed by atoms with E-state index in [4.69, 9.17) is 9.47 Å². The first-order valence-electron chi connectivity index (χ1n) is 15.7. The summed E-state index contributed by atoms with van der Waals surface area (Å²) in [7, 11) is 2.10. The second-order valence-corrected chi connectivity index (χ2v) is 12.0. The molecule has 1 aromatic rings. The topological polar surface area (TPSA) is 141 Å². The van der Waals surface area contributed by atoms with Crippen LogP contribution in [-0.4, -0.2) is 124 Å². The van der Waals surface area contributed by atoms with Gasteiger partial charge in [0.2, 0.25) is 17.7 Å². The molecule has 0 unspecified atom stereocenters. The summed E-state index contributed by atoms with van der Waals surface area (Å²) in [4.78, 5) is 55.9. The highest BCUT2D eigenvalue weighted by molar-refractivity contribution is 5.94. The normalized spacial score (nSPS) is 24.4. The maximum absolute atomic E-state index is 13.3. The summed E-state index contributed by atoms with van der Waals surface area (Å²) < 4.78 is 24.4. The number of nitrogens with zero attached hydrogens (tertiary/aromatic N) is 2. The molecular weight excluding hydrogens is 571 g/mol. The molecule has 3 saturated heterocycles. The molecule has 0 saturated carbocycles. The lowest BCUT2D eigenvalue weighted by molar-refractivity contribution is -0.130. The molecule has 3 aliphatic heterocycles. The van der Waals surface area contributed by atoms with Crippen molar-refractivity contribution >= 4 is 23.6 Å². The molecule has 0 aliphatic carbocycles. The molecule has 4 N–H and O–H groups in total. The van der Waals surface area contributed by atoms with Gasteiger partial charge in [0, 0.05) is 44.2 Å². The molecule has 44 heavy (non-hydrogen) atoms. The third-order valence-electron chi connectivity index (χ3n) is 8.62. The first kappa shape index (κ1) is 33.8. The van der Waals surface area contributed by atoms with E-state index in [1.54, 1.807) is 4.90 Å². The lowest BCUT2D eigenvalue weighted by atomic mass is 9.83. The minimum Gasteiger partial charge on any atom is -0.377 e. The van der Waals surface area contributed by atoms with Crippen LogP contribution in [0.2, 0.25) is 0 Å². The van der Waals surface area contributed by atoms with Crippen LogP contribution >= 0.6 is 0 Å².